The van der Waals surface area contributed by atoms with Crippen molar-refractivity contribution in [2.75, 3.05) is 0 Å². The first-order valence-electron chi connectivity index (χ1n) is 6.30. The Morgan fingerprint density at radius 1 is 1.00 bits per heavy atom. The number of ether oxygens (including phenoxy) is 1. The minimum atomic E-state index is -0.162. The average molecular weight is 320 g/mol. The van der Waals surface area contributed by atoms with Gasteiger partial charge in [-0.3, -0.25) is 4.98 Å². The Hall–Kier alpha value is -1.81. The summed E-state index contributed by atoms with van der Waals surface area (Å²) < 4.78 is 5.88. The molecule has 21 heavy (non-hydrogen) atoms. The van der Waals surface area contributed by atoms with Crippen LogP contribution in [0.4, 0.5) is 0 Å². The summed E-state index contributed by atoms with van der Waals surface area (Å²) in [4.78, 5) is 4.35. The van der Waals surface area contributed by atoms with Crippen molar-refractivity contribution in [2.45, 2.75) is 6.61 Å². The number of benzene rings is 2. The lowest BCUT2D eigenvalue weighted by molar-refractivity contribution is 0.277. The fourth-order valence-corrected chi connectivity index (χ4v) is 2.35. The predicted octanol–water partition coefficient (Wildman–Crippen LogP) is 4.83. The molecule has 3 aromatic rings. The lowest BCUT2D eigenvalue weighted by Gasteiger charge is -2.11. The molecule has 1 N–H and O–H groups in total. The zero-order chi connectivity index (χ0) is 14.8. The molecule has 3 rings (SSSR count). The van der Waals surface area contributed by atoms with E-state index in [4.69, 9.17) is 27.9 Å². The van der Waals surface area contributed by atoms with Gasteiger partial charge in [0.25, 0.3) is 0 Å². The maximum atomic E-state index is 9.32. The van der Waals surface area contributed by atoms with Gasteiger partial charge in [-0.15, -0.1) is 0 Å². The number of aliphatic hydroxyl groups is 1. The molecule has 3 nitrogen and oxygen atoms in total. The molecule has 0 aliphatic heterocycles. The second kappa shape index (κ2) is 5.90. The van der Waals surface area contributed by atoms with E-state index >= 15 is 0 Å². The van der Waals surface area contributed by atoms with E-state index in [1.54, 1.807) is 24.3 Å². The highest BCUT2D eigenvalue weighted by molar-refractivity contribution is 6.34. The first-order chi connectivity index (χ1) is 10.2. The van der Waals surface area contributed by atoms with E-state index in [-0.39, 0.29) is 6.61 Å². The molecule has 2 aromatic carbocycles. The van der Waals surface area contributed by atoms with Gasteiger partial charge in [0, 0.05) is 22.5 Å². The topological polar surface area (TPSA) is 42.4 Å². The van der Waals surface area contributed by atoms with Crippen LogP contribution < -0.4 is 4.74 Å². The Morgan fingerprint density at radius 2 is 1.81 bits per heavy atom. The van der Waals surface area contributed by atoms with Gasteiger partial charge in [-0.25, -0.2) is 0 Å². The minimum Gasteiger partial charge on any atom is -0.455 e. The van der Waals surface area contributed by atoms with E-state index in [1.807, 2.05) is 24.3 Å². The number of fused-ring (bicyclic) bond motifs is 1. The van der Waals surface area contributed by atoms with Crippen molar-refractivity contribution >= 4 is 34.1 Å². The maximum Gasteiger partial charge on any atom is 0.147 e. The number of halogens is 2. The van der Waals surface area contributed by atoms with Crippen molar-refractivity contribution < 1.29 is 9.84 Å². The van der Waals surface area contributed by atoms with E-state index in [0.29, 0.717) is 27.2 Å². The number of rotatable bonds is 3. The number of para-hydroxylation sites is 1. The Morgan fingerprint density at radius 3 is 2.62 bits per heavy atom. The summed E-state index contributed by atoms with van der Waals surface area (Å²) in [5, 5.41) is 11.2. The summed E-state index contributed by atoms with van der Waals surface area (Å²) in [6.45, 7) is -0.162. The highest BCUT2D eigenvalue weighted by atomic mass is 35.5. The number of hydrogen-bond acceptors (Lipinski definition) is 3. The van der Waals surface area contributed by atoms with Crippen molar-refractivity contribution in [3.63, 3.8) is 0 Å². The molecular formula is C16H11Cl2NO2. The molecule has 0 radical (unpaired) electrons. The molecule has 0 unspecified atom stereocenters. The molecular weight excluding hydrogens is 309 g/mol. The summed E-state index contributed by atoms with van der Waals surface area (Å²) in [7, 11) is 0. The SMILES string of the molecule is OCc1cc(Oc2cc(Cl)ccc2Cl)c2ccccc2n1. The maximum absolute atomic E-state index is 9.32. The van der Waals surface area contributed by atoms with Crippen molar-refractivity contribution in [1.29, 1.82) is 0 Å². The summed E-state index contributed by atoms with van der Waals surface area (Å²) in [6, 6.07) is 14.3. The highest BCUT2D eigenvalue weighted by Gasteiger charge is 2.10. The summed E-state index contributed by atoms with van der Waals surface area (Å²) in [6.07, 6.45) is 0. The van der Waals surface area contributed by atoms with Crippen LogP contribution in [0.5, 0.6) is 11.5 Å². The molecule has 0 bridgehead atoms. The van der Waals surface area contributed by atoms with Gasteiger partial charge in [0.1, 0.15) is 11.5 Å². The molecule has 0 saturated carbocycles. The second-order valence-corrected chi connectivity index (χ2v) is 5.31. The van der Waals surface area contributed by atoms with Gasteiger partial charge in [-0.2, -0.15) is 0 Å². The first-order valence-corrected chi connectivity index (χ1v) is 7.05. The van der Waals surface area contributed by atoms with E-state index in [9.17, 15) is 5.11 Å². The third-order valence-electron chi connectivity index (χ3n) is 3.01. The molecule has 0 atom stereocenters. The van der Waals surface area contributed by atoms with E-state index in [1.165, 1.54) is 0 Å². The monoisotopic (exact) mass is 319 g/mol. The summed E-state index contributed by atoms with van der Waals surface area (Å²) in [5.41, 5.74) is 1.28. The van der Waals surface area contributed by atoms with Gasteiger partial charge in [-0.1, -0.05) is 35.3 Å². The van der Waals surface area contributed by atoms with Crippen LogP contribution >= 0.6 is 23.2 Å². The number of aliphatic hydroxyl groups excluding tert-OH is 1. The molecule has 5 heteroatoms. The molecule has 0 fully saturated rings. The van der Waals surface area contributed by atoms with Crippen LogP contribution in [0.15, 0.2) is 48.5 Å². The van der Waals surface area contributed by atoms with Crippen LogP contribution in [0.3, 0.4) is 0 Å². The third kappa shape index (κ3) is 2.95. The Bertz CT molecular complexity index is 805. The van der Waals surface area contributed by atoms with Gasteiger partial charge in [0.15, 0.2) is 0 Å². The molecule has 0 saturated heterocycles. The minimum absolute atomic E-state index is 0.162. The Balaban J connectivity index is 2.13. The van der Waals surface area contributed by atoms with Crippen molar-refractivity contribution in [1.82, 2.24) is 4.98 Å². The largest absolute Gasteiger partial charge is 0.455 e. The zero-order valence-corrected chi connectivity index (χ0v) is 12.4. The lowest BCUT2D eigenvalue weighted by atomic mass is 10.2. The van der Waals surface area contributed by atoms with Crippen LogP contribution in [-0.2, 0) is 6.61 Å². The lowest BCUT2D eigenvalue weighted by Crippen LogP contribution is -1.94. The number of pyridine rings is 1. The van der Waals surface area contributed by atoms with Crippen LogP contribution in [0, 0.1) is 0 Å². The van der Waals surface area contributed by atoms with Crippen LogP contribution in [0.1, 0.15) is 5.69 Å². The number of nitrogens with zero attached hydrogens (tertiary/aromatic N) is 1. The van der Waals surface area contributed by atoms with Gasteiger partial charge < -0.3 is 9.84 Å². The smallest absolute Gasteiger partial charge is 0.147 e. The molecule has 0 aliphatic rings. The van der Waals surface area contributed by atoms with Crippen LogP contribution in [-0.4, -0.2) is 10.1 Å². The van der Waals surface area contributed by atoms with Crippen LogP contribution in [0.25, 0.3) is 10.9 Å². The summed E-state index contributed by atoms with van der Waals surface area (Å²) in [5.74, 6) is 1.04. The van der Waals surface area contributed by atoms with Gasteiger partial charge >= 0.3 is 0 Å². The molecule has 1 heterocycles. The fourth-order valence-electron chi connectivity index (χ4n) is 2.03. The average Bonchev–Trinajstić information content (AvgIpc) is 2.50. The molecule has 0 spiro atoms. The standard InChI is InChI=1S/C16H11Cl2NO2/c17-10-5-6-13(18)16(7-10)21-15-8-11(9-20)19-14-4-2-1-3-12(14)15/h1-8,20H,9H2. The zero-order valence-electron chi connectivity index (χ0n) is 10.9. The van der Waals surface area contributed by atoms with Gasteiger partial charge in [0.2, 0.25) is 0 Å². The van der Waals surface area contributed by atoms with Gasteiger partial charge in [-0.05, 0) is 24.3 Å². The molecule has 106 valence electrons. The van der Waals surface area contributed by atoms with E-state index in [0.717, 1.165) is 10.9 Å². The van der Waals surface area contributed by atoms with E-state index < -0.39 is 0 Å². The molecule has 0 aliphatic carbocycles. The van der Waals surface area contributed by atoms with Crippen LogP contribution in [0.2, 0.25) is 10.0 Å². The predicted molar refractivity (Wildman–Crippen MR) is 84.2 cm³/mol. The number of hydrogen-bond donors (Lipinski definition) is 1. The first kappa shape index (κ1) is 14.1. The third-order valence-corrected chi connectivity index (χ3v) is 3.55. The van der Waals surface area contributed by atoms with E-state index in [2.05, 4.69) is 4.98 Å². The molecule has 0 amide bonds. The second-order valence-electron chi connectivity index (χ2n) is 4.46. The van der Waals surface area contributed by atoms with Crippen molar-refractivity contribution in [3.8, 4) is 11.5 Å². The highest BCUT2D eigenvalue weighted by Crippen LogP contribution is 2.35. The quantitative estimate of drug-likeness (QED) is 0.752. The number of aromatic nitrogens is 1. The molecule has 1 aromatic heterocycles. The van der Waals surface area contributed by atoms with Crippen molar-refractivity contribution in [3.05, 3.63) is 64.3 Å². The van der Waals surface area contributed by atoms with Gasteiger partial charge in [0.05, 0.1) is 22.8 Å². The summed E-state index contributed by atoms with van der Waals surface area (Å²) >= 11 is 12.1. The Kier molecular flexibility index (Phi) is 3.97. The Labute approximate surface area is 131 Å². The fraction of sp³-hybridized carbons (Fsp3) is 0.0625. The van der Waals surface area contributed by atoms with Crippen molar-refractivity contribution in [2.24, 2.45) is 0 Å². The normalized spacial score (nSPS) is 10.8.